The highest BCUT2D eigenvalue weighted by Crippen LogP contribution is 2.37. The van der Waals surface area contributed by atoms with E-state index in [-0.39, 0.29) is 11.7 Å². The van der Waals surface area contributed by atoms with Crippen LogP contribution in [-0.2, 0) is 0 Å². The molecule has 0 unspecified atom stereocenters. The van der Waals surface area contributed by atoms with Crippen LogP contribution < -0.4 is 14.8 Å². The number of amides is 1. The van der Waals surface area contributed by atoms with Crippen LogP contribution >= 0.6 is 22.9 Å². The summed E-state index contributed by atoms with van der Waals surface area (Å²) < 4.78 is 24.4. The summed E-state index contributed by atoms with van der Waals surface area (Å²) >= 11 is 7.26. The molecule has 0 aliphatic rings. The van der Waals surface area contributed by atoms with E-state index in [0.29, 0.717) is 43.4 Å². The molecule has 1 heterocycles. The van der Waals surface area contributed by atoms with E-state index in [9.17, 15) is 9.18 Å². The molecule has 0 radical (unpaired) electrons. The third-order valence-electron chi connectivity index (χ3n) is 3.83. The van der Waals surface area contributed by atoms with Gasteiger partial charge in [0, 0.05) is 11.6 Å². The van der Waals surface area contributed by atoms with Crippen molar-refractivity contribution in [3.8, 4) is 22.1 Å². The number of hydrogen-bond donors (Lipinski definition) is 1. The predicted molar refractivity (Wildman–Crippen MR) is 105 cm³/mol. The molecule has 0 aliphatic heterocycles. The first-order chi connectivity index (χ1) is 12.9. The van der Waals surface area contributed by atoms with Gasteiger partial charge in [0.25, 0.3) is 5.91 Å². The molecule has 0 fully saturated rings. The van der Waals surface area contributed by atoms with Gasteiger partial charge in [-0.25, -0.2) is 9.37 Å². The first-order valence-electron chi connectivity index (χ1n) is 7.89. The van der Waals surface area contributed by atoms with Crippen molar-refractivity contribution in [2.24, 2.45) is 0 Å². The summed E-state index contributed by atoms with van der Waals surface area (Å²) in [5, 5.41) is 3.54. The molecule has 140 valence electrons. The third-order valence-corrected chi connectivity index (χ3v) is 5.31. The smallest absolute Gasteiger partial charge is 0.267 e. The van der Waals surface area contributed by atoms with Gasteiger partial charge in [0.05, 0.1) is 30.6 Å². The van der Waals surface area contributed by atoms with E-state index in [1.54, 1.807) is 37.3 Å². The maximum atomic E-state index is 14.0. The Morgan fingerprint density at radius 3 is 2.56 bits per heavy atom. The first kappa shape index (κ1) is 19.1. The van der Waals surface area contributed by atoms with E-state index in [0.717, 1.165) is 11.3 Å². The van der Waals surface area contributed by atoms with E-state index >= 15 is 0 Å². The van der Waals surface area contributed by atoms with Crippen molar-refractivity contribution in [1.82, 2.24) is 4.98 Å². The van der Waals surface area contributed by atoms with Crippen LogP contribution in [0.3, 0.4) is 0 Å². The lowest BCUT2D eigenvalue weighted by atomic mass is 10.2. The number of nitrogens with one attached hydrogen (secondary N) is 1. The van der Waals surface area contributed by atoms with Crippen molar-refractivity contribution in [2.45, 2.75) is 6.92 Å². The lowest BCUT2D eigenvalue weighted by molar-refractivity contribution is 0.102. The summed E-state index contributed by atoms with van der Waals surface area (Å²) in [4.78, 5) is 17.4. The highest BCUT2D eigenvalue weighted by molar-refractivity contribution is 7.17. The van der Waals surface area contributed by atoms with Gasteiger partial charge in [0.1, 0.15) is 27.2 Å². The summed E-state index contributed by atoms with van der Waals surface area (Å²) in [6.45, 7) is 1.70. The molecule has 0 aliphatic carbocycles. The maximum Gasteiger partial charge on any atom is 0.267 e. The normalized spacial score (nSPS) is 10.6. The second-order valence-corrected chi connectivity index (χ2v) is 6.96. The Kier molecular flexibility index (Phi) is 5.62. The summed E-state index contributed by atoms with van der Waals surface area (Å²) in [7, 11) is 2.97. The molecule has 0 atom stereocenters. The molecule has 27 heavy (non-hydrogen) atoms. The van der Waals surface area contributed by atoms with Crippen LogP contribution in [0.25, 0.3) is 10.6 Å². The highest BCUT2D eigenvalue weighted by Gasteiger charge is 2.20. The van der Waals surface area contributed by atoms with E-state index in [1.807, 2.05) is 0 Å². The standard InChI is InChI=1S/C19H16ClFN2O3S/c1-10-17(27-19(22-10)11-6-4-5-7-13(11)21)18(24)23-14-8-12(20)15(25-2)9-16(14)26-3/h4-9H,1-3H3,(H,23,24). The number of methoxy groups -OCH3 is 2. The van der Waals surface area contributed by atoms with Crippen LogP contribution in [0.2, 0.25) is 5.02 Å². The Hall–Kier alpha value is -2.64. The number of halogens is 2. The summed E-state index contributed by atoms with van der Waals surface area (Å²) in [6, 6.07) is 9.44. The van der Waals surface area contributed by atoms with Crippen molar-refractivity contribution in [3.05, 3.63) is 57.8 Å². The molecule has 1 aromatic heterocycles. The number of carbonyl (C=O) groups excluding carboxylic acids is 1. The van der Waals surface area contributed by atoms with Crippen LogP contribution in [0.15, 0.2) is 36.4 Å². The molecule has 1 amide bonds. The number of hydrogen-bond acceptors (Lipinski definition) is 5. The number of ether oxygens (including phenoxy) is 2. The van der Waals surface area contributed by atoms with E-state index < -0.39 is 0 Å². The molecular weight excluding hydrogens is 391 g/mol. The lowest BCUT2D eigenvalue weighted by Gasteiger charge is -2.12. The van der Waals surface area contributed by atoms with Crippen molar-refractivity contribution < 1.29 is 18.7 Å². The van der Waals surface area contributed by atoms with Crippen LogP contribution in [0.1, 0.15) is 15.4 Å². The largest absolute Gasteiger partial charge is 0.495 e. The number of carbonyl (C=O) groups is 1. The molecule has 3 rings (SSSR count). The van der Waals surface area contributed by atoms with E-state index in [1.165, 1.54) is 20.3 Å². The maximum absolute atomic E-state index is 14.0. The van der Waals surface area contributed by atoms with Gasteiger partial charge in [-0.2, -0.15) is 0 Å². The molecule has 2 aromatic carbocycles. The fraction of sp³-hybridized carbons (Fsp3) is 0.158. The lowest BCUT2D eigenvalue weighted by Crippen LogP contribution is -2.12. The van der Waals surface area contributed by atoms with E-state index in [4.69, 9.17) is 21.1 Å². The first-order valence-corrected chi connectivity index (χ1v) is 9.09. The average Bonchev–Trinajstić information content (AvgIpc) is 3.04. The number of anilines is 1. The zero-order valence-electron chi connectivity index (χ0n) is 14.8. The summed E-state index contributed by atoms with van der Waals surface area (Å²) in [5.74, 6) is 0.0670. The Balaban J connectivity index is 1.92. The number of aromatic nitrogens is 1. The van der Waals surface area contributed by atoms with Crippen molar-refractivity contribution >= 4 is 34.5 Å². The highest BCUT2D eigenvalue weighted by atomic mass is 35.5. The van der Waals surface area contributed by atoms with Crippen LogP contribution in [-0.4, -0.2) is 25.1 Å². The molecular formula is C19H16ClFN2O3S. The van der Waals surface area contributed by atoms with Crippen molar-refractivity contribution in [2.75, 3.05) is 19.5 Å². The van der Waals surface area contributed by atoms with Crippen molar-refractivity contribution in [3.63, 3.8) is 0 Å². The van der Waals surface area contributed by atoms with E-state index in [2.05, 4.69) is 10.3 Å². The fourth-order valence-electron chi connectivity index (χ4n) is 2.49. The zero-order valence-corrected chi connectivity index (χ0v) is 16.4. The topological polar surface area (TPSA) is 60.5 Å². The number of benzene rings is 2. The molecule has 0 bridgehead atoms. The third kappa shape index (κ3) is 3.89. The van der Waals surface area contributed by atoms with Gasteiger partial charge in [-0.1, -0.05) is 23.7 Å². The minimum Gasteiger partial charge on any atom is -0.495 e. The molecule has 1 N–H and O–H groups in total. The Morgan fingerprint density at radius 2 is 1.89 bits per heavy atom. The van der Waals surface area contributed by atoms with Gasteiger partial charge in [0.2, 0.25) is 0 Å². The second kappa shape index (κ2) is 7.94. The van der Waals surface area contributed by atoms with Gasteiger partial charge in [-0.15, -0.1) is 11.3 Å². The second-order valence-electron chi connectivity index (χ2n) is 5.55. The minimum absolute atomic E-state index is 0.335. The molecule has 0 spiro atoms. The Morgan fingerprint density at radius 1 is 1.19 bits per heavy atom. The number of rotatable bonds is 5. The average molecular weight is 407 g/mol. The molecule has 5 nitrogen and oxygen atoms in total. The number of thiazole rings is 1. The SMILES string of the molecule is COc1cc(OC)c(NC(=O)c2sc(-c3ccccc3F)nc2C)cc1Cl. The zero-order chi connectivity index (χ0) is 19.6. The minimum atomic E-state index is -0.387. The fourth-order valence-corrected chi connectivity index (χ4v) is 3.72. The summed E-state index contributed by atoms with van der Waals surface area (Å²) in [6.07, 6.45) is 0. The molecule has 0 saturated heterocycles. The van der Waals surface area contributed by atoms with Crippen LogP contribution in [0.5, 0.6) is 11.5 Å². The number of nitrogens with zero attached hydrogens (tertiary/aromatic N) is 1. The molecule has 3 aromatic rings. The molecule has 8 heteroatoms. The van der Waals surface area contributed by atoms with Gasteiger partial charge < -0.3 is 14.8 Å². The predicted octanol–water partition coefficient (Wildman–Crippen LogP) is 5.18. The van der Waals surface area contributed by atoms with Gasteiger partial charge in [-0.05, 0) is 25.1 Å². The van der Waals surface area contributed by atoms with Gasteiger partial charge in [-0.3, -0.25) is 4.79 Å². The van der Waals surface area contributed by atoms with Crippen molar-refractivity contribution in [1.29, 1.82) is 0 Å². The van der Waals surface area contributed by atoms with Gasteiger partial charge in [0.15, 0.2) is 0 Å². The Labute approximate surface area is 164 Å². The number of aryl methyl sites for hydroxylation is 1. The van der Waals surface area contributed by atoms with Gasteiger partial charge >= 0.3 is 0 Å². The monoisotopic (exact) mass is 406 g/mol. The Bertz CT molecular complexity index is 1010. The quantitative estimate of drug-likeness (QED) is 0.634. The molecule has 0 saturated carbocycles. The van der Waals surface area contributed by atoms with Crippen LogP contribution in [0, 0.1) is 12.7 Å². The van der Waals surface area contributed by atoms with Crippen LogP contribution in [0.4, 0.5) is 10.1 Å². The summed E-state index contributed by atoms with van der Waals surface area (Å²) in [5.41, 5.74) is 1.26.